The van der Waals surface area contributed by atoms with Gasteiger partial charge in [-0.25, -0.2) is 4.98 Å². The van der Waals surface area contributed by atoms with Crippen molar-refractivity contribution < 1.29 is 4.74 Å². The summed E-state index contributed by atoms with van der Waals surface area (Å²) in [4.78, 5) is 11.4. The maximum Gasteiger partial charge on any atom is 0.137 e. The Morgan fingerprint density at radius 1 is 1.12 bits per heavy atom. The van der Waals surface area contributed by atoms with Gasteiger partial charge in [-0.2, -0.15) is 0 Å². The molecule has 3 aromatic rings. The Morgan fingerprint density at radius 2 is 1.97 bits per heavy atom. The van der Waals surface area contributed by atoms with Crippen LogP contribution in [-0.4, -0.2) is 47.3 Å². The number of aromatic nitrogens is 3. The highest BCUT2D eigenvalue weighted by Gasteiger charge is 2.23. The molecule has 5 rings (SSSR count). The summed E-state index contributed by atoms with van der Waals surface area (Å²) in [6, 6.07) is 11.9. The van der Waals surface area contributed by atoms with Crippen molar-refractivity contribution in [3.8, 4) is 17.0 Å². The minimum atomic E-state index is 0.206. The standard InChI is InChI=1S/C27H35N5O/c1-20(32-18-27(30-19-32)23-13-26(33-2)16-28-15-23)22-8-10-25(11-9-22)31-12-4-7-24(17-31)29-14-21-5-3-6-21/h8-11,13,15-16,18-21,24,29H,3-7,12,14,17H2,1-2H3/t20?,24-/m1/s1. The topological polar surface area (TPSA) is 55.2 Å². The van der Waals surface area contributed by atoms with E-state index >= 15 is 0 Å². The van der Waals surface area contributed by atoms with E-state index in [0.717, 1.165) is 36.0 Å². The number of nitrogens with one attached hydrogen (secondary N) is 1. The van der Waals surface area contributed by atoms with Crippen molar-refractivity contribution in [2.75, 3.05) is 31.6 Å². The van der Waals surface area contributed by atoms with Crippen LogP contribution in [0.15, 0.2) is 55.2 Å². The van der Waals surface area contributed by atoms with Crippen molar-refractivity contribution in [2.45, 2.75) is 51.1 Å². The Hall–Kier alpha value is -2.86. The van der Waals surface area contributed by atoms with E-state index < -0.39 is 0 Å². The van der Waals surface area contributed by atoms with E-state index in [1.807, 2.05) is 18.6 Å². The van der Waals surface area contributed by atoms with Gasteiger partial charge in [0.2, 0.25) is 0 Å². The fraction of sp³-hybridized carbons (Fsp3) is 0.481. The molecule has 33 heavy (non-hydrogen) atoms. The summed E-state index contributed by atoms with van der Waals surface area (Å²) in [6.07, 6.45) is 14.3. The minimum absolute atomic E-state index is 0.206. The van der Waals surface area contributed by atoms with Gasteiger partial charge >= 0.3 is 0 Å². The summed E-state index contributed by atoms with van der Waals surface area (Å²) >= 11 is 0. The fourth-order valence-electron chi connectivity index (χ4n) is 4.91. The van der Waals surface area contributed by atoms with Crippen molar-refractivity contribution in [1.82, 2.24) is 19.9 Å². The molecule has 6 nitrogen and oxygen atoms in total. The second kappa shape index (κ2) is 9.96. The summed E-state index contributed by atoms with van der Waals surface area (Å²) in [5.74, 6) is 1.66. The number of hydrogen-bond donors (Lipinski definition) is 1. The number of piperidine rings is 1. The van der Waals surface area contributed by atoms with Crippen LogP contribution in [0.3, 0.4) is 0 Å². The molecule has 6 heteroatoms. The highest BCUT2D eigenvalue weighted by atomic mass is 16.5. The second-order valence-electron chi connectivity index (χ2n) is 9.58. The zero-order valence-corrected chi connectivity index (χ0v) is 19.8. The molecule has 2 fully saturated rings. The first-order valence-electron chi connectivity index (χ1n) is 12.3. The van der Waals surface area contributed by atoms with Gasteiger partial charge in [0, 0.05) is 42.8 Å². The minimum Gasteiger partial charge on any atom is -0.495 e. The van der Waals surface area contributed by atoms with Crippen LogP contribution < -0.4 is 15.0 Å². The average molecular weight is 446 g/mol. The third kappa shape index (κ3) is 5.06. The zero-order chi connectivity index (χ0) is 22.6. The van der Waals surface area contributed by atoms with Gasteiger partial charge in [0.05, 0.1) is 31.4 Å². The Balaban J connectivity index is 1.22. The van der Waals surface area contributed by atoms with E-state index in [-0.39, 0.29) is 6.04 Å². The van der Waals surface area contributed by atoms with Crippen LogP contribution in [0, 0.1) is 5.92 Å². The molecule has 2 aliphatic rings. The Kier molecular flexibility index (Phi) is 6.63. The number of rotatable bonds is 8. The van der Waals surface area contributed by atoms with Gasteiger partial charge in [0.1, 0.15) is 5.75 Å². The molecule has 174 valence electrons. The van der Waals surface area contributed by atoms with E-state index in [4.69, 9.17) is 4.74 Å². The number of pyridine rings is 1. The van der Waals surface area contributed by atoms with E-state index in [1.54, 1.807) is 13.3 Å². The van der Waals surface area contributed by atoms with Gasteiger partial charge in [-0.3, -0.25) is 4.98 Å². The smallest absolute Gasteiger partial charge is 0.137 e. The second-order valence-corrected chi connectivity index (χ2v) is 9.58. The normalized spacial score (nSPS) is 19.8. The lowest BCUT2D eigenvalue weighted by Gasteiger charge is -2.36. The molecule has 1 aromatic carbocycles. The van der Waals surface area contributed by atoms with Crippen molar-refractivity contribution in [2.24, 2.45) is 5.92 Å². The number of ether oxygens (including phenoxy) is 1. The van der Waals surface area contributed by atoms with E-state index in [2.05, 4.69) is 62.1 Å². The number of hydrogen-bond acceptors (Lipinski definition) is 5. The van der Waals surface area contributed by atoms with E-state index in [0.29, 0.717) is 6.04 Å². The Bertz CT molecular complexity index is 1040. The summed E-state index contributed by atoms with van der Waals surface area (Å²) < 4.78 is 7.45. The summed E-state index contributed by atoms with van der Waals surface area (Å²) in [7, 11) is 1.65. The summed E-state index contributed by atoms with van der Waals surface area (Å²) in [6.45, 7) is 5.68. The summed E-state index contributed by atoms with van der Waals surface area (Å²) in [5, 5.41) is 3.83. The number of anilines is 1. The molecule has 3 heterocycles. The zero-order valence-electron chi connectivity index (χ0n) is 19.8. The fourth-order valence-corrected chi connectivity index (χ4v) is 4.91. The van der Waals surface area contributed by atoms with Crippen molar-refractivity contribution in [3.63, 3.8) is 0 Å². The van der Waals surface area contributed by atoms with Crippen LogP contribution in [-0.2, 0) is 0 Å². The number of nitrogens with zero attached hydrogens (tertiary/aromatic N) is 4. The van der Waals surface area contributed by atoms with Crippen molar-refractivity contribution in [1.29, 1.82) is 0 Å². The first-order valence-corrected chi connectivity index (χ1v) is 12.3. The van der Waals surface area contributed by atoms with Gasteiger partial charge < -0.3 is 19.5 Å². The first kappa shape index (κ1) is 22.0. The van der Waals surface area contributed by atoms with Gasteiger partial charge in [-0.05, 0) is 68.8 Å². The molecule has 0 radical (unpaired) electrons. The highest BCUT2D eigenvalue weighted by Crippen LogP contribution is 2.28. The third-order valence-corrected chi connectivity index (χ3v) is 7.38. The van der Waals surface area contributed by atoms with Crippen LogP contribution in [0.1, 0.15) is 50.6 Å². The predicted octanol–water partition coefficient (Wildman–Crippen LogP) is 4.92. The number of imidazole rings is 1. The molecule has 1 N–H and O–H groups in total. The van der Waals surface area contributed by atoms with Crippen LogP contribution >= 0.6 is 0 Å². The predicted molar refractivity (Wildman–Crippen MR) is 133 cm³/mol. The SMILES string of the molecule is COc1cncc(-c2cn(C(C)c3ccc(N4CCC[C@@H](NCC5CCC5)C4)cc3)cn2)c1. The Morgan fingerprint density at radius 3 is 2.73 bits per heavy atom. The maximum atomic E-state index is 5.29. The van der Waals surface area contributed by atoms with Gasteiger partial charge in [0.15, 0.2) is 0 Å². The molecule has 1 saturated heterocycles. The van der Waals surface area contributed by atoms with Gasteiger partial charge in [0.25, 0.3) is 0 Å². The highest BCUT2D eigenvalue weighted by molar-refractivity contribution is 5.59. The third-order valence-electron chi connectivity index (χ3n) is 7.38. The average Bonchev–Trinajstić information content (AvgIpc) is 3.33. The van der Waals surface area contributed by atoms with Crippen LogP contribution in [0.25, 0.3) is 11.3 Å². The van der Waals surface area contributed by atoms with Crippen molar-refractivity contribution in [3.05, 3.63) is 60.8 Å². The van der Waals surface area contributed by atoms with Gasteiger partial charge in [-0.15, -0.1) is 0 Å². The van der Waals surface area contributed by atoms with Gasteiger partial charge in [-0.1, -0.05) is 18.6 Å². The molecule has 1 aliphatic carbocycles. The summed E-state index contributed by atoms with van der Waals surface area (Å²) in [5.41, 5.74) is 4.47. The van der Waals surface area contributed by atoms with Crippen molar-refractivity contribution >= 4 is 5.69 Å². The molecule has 0 amide bonds. The largest absolute Gasteiger partial charge is 0.495 e. The maximum absolute atomic E-state index is 5.29. The lowest BCUT2D eigenvalue weighted by molar-refractivity contribution is 0.280. The molecular weight excluding hydrogens is 410 g/mol. The number of methoxy groups -OCH3 is 1. The molecule has 2 atom stereocenters. The quantitative estimate of drug-likeness (QED) is 0.533. The monoisotopic (exact) mass is 445 g/mol. The molecule has 1 saturated carbocycles. The van der Waals surface area contributed by atoms with E-state index in [1.165, 1.54) is 49.9 Å². The molecule has 0 spiro atoms. The molecule has 1 unspecified atom stereocenters. The van der Waals surface area contributed by atoms with Crippen LogP contribution in [0.2, 0.25) is 0 Å². The molecule has 0 bridgehead atoms. The lowest BCUT2D eigenvalue weighted by atomic mass is 9.85. The molecule has 1 aliphatic heterocycles. The Labute approximate surface area is 197 Å². The molecular formula is C27H35N5O. The first-order chi connectivity index (χ1) is 16.2. The lowest BCUT2D eigenvalue weighted by Crippen LogP contribution is -2.47. The molecule has 2 aromatic heterocycles. The number of benzene rings is 1. The van der Waals surface area contributed by atoms with E-state index in [9.17, 15) is 0 Å². The van der Waals surface area contributed by atoms with Crippen LogP contribution in [0.5, 0.6) is 5.75 Å². The van der Waals surface area contributed by atoms with Crippen LogP contribution in [0.4, 0.5) is 5.69 Å².